The first-order valence-corrected chi connectivity index (χ1v) is 8.31. The van der Waals surface area contributed by atoms with Crippen LogP contribution < -0.4 is 10.1 Å². The highest BCUT2D eigenvalue weighted by Crippen LogP contribution is 2.29. The zero-order valence-electron chi connectivity index (χ0n) is 13.6. The van der Waals surface area contributed by atoms with Gasteiger partial charge in [0.2, 0.25) is 0 Å². The summed E-state index contributed by atoms with van der Waals surface area (Å²) in [6.07, 6.45) is -0.943. The molecule has 1 unspecified atom stereocenters. The van der Waals surface area contributed by atoms with Gasteiger partial charge in [0.25, 0.3) is 0 Å². The van der Waals surface area contributed by atoms with E-state index in [1.165, 1.54) is 7.11 Å². The monoisotopic (exact) mass is 407 g/mol. The number of halogens is 1. The van der Waals surface area contributed by atoms with Crippen molar-refractivity contribution in [3.8, 4) is 5.75 Å². The van der Waals surface area contributed by atoms with Gasteiger partial charge in [-0.1, -0.05) is 36.4 Å². The van der Waals surface area contributed by atoms with Crippen LogP contribution in [-0.4, -0.2) is 24.3 Å². The van der Waals surface area contributed by atoms with E-state index < -0.39 is 18.1 Å². The number of benzene rings is 2. The molecule has 2 aromatic rings. The molecule has 0 heterocycles. The van der Waals surface area contributed by atoms with Gasteiger partial charge in [0.05, 0.1) is 24.0 Å². The van der Waals surface area contributed by atoms with Gasteiger partial charge in [-0.15, -0.1) is 0 Å². The minimum Gasteiger partial charge on any atom is -0.496 e. The number of hydrogen-bond acceptors (Lipinski definition) is 4. The molecule has 2 rings (SSSR count). The summed E-state index contributed by atoms with van der Waals surface area (Å²) in [4.78, 5) is 23.2. The van der Waals surface area contributed by atoms with Gasteiger partial charge in [-0.25, -0.2) is 4.79 Å². The summed E-state index contributed by atoms with van der Waals surface area (Å²) >= 11 is 3.35. The summed E-state index contributed by atoms with van der Waals surface area (Å²) in [6, 6.07) is 13.6. The molecule has 0 bridgehead atoms. The third-order valence-corrected chi connectivity index (χ3v) is 4.08. The molecule has 0 radical (unpaired) electrons. The molecule has 0 saturated heterocycles. The van der Waals surface area contributed by atoms with Crippen molar-refractivity contribution in [1.82, 2.24) is 5.32 Å². The molecule has 0 aliphatic rings. The highest BCUT2D eigenvalue weighted by atomic mass is 79.9. The number of alkyl carbamates (subject to hydrolysis) is 1. The van der Waals surface area contributed by atoms with Crippen LogP contribution in [0.1, 0.15) is 23.6 Å². The number of ether oxygens (including phenoxy) is 2. The highest BCUT2D eigenvalue weighted by molar-refractivity contribution is 9.10. The van der Waals surface area contributed by atoms with E-state index in [4.69, 9.17) is 14.6 Å². The Labute approximate surface area is 153 Å². The molecule has 2 aromatic carbocycles. The SMILES string of the molecule is COc1ccc(C(CC(=O)O)NC(=O)OCc2ccccc2)cc1Br. The maximum Gasteiger partial charge on any atom is 0.407 e. The van der Waals surface area contributed by atoms with Gasteiger partial charge in [-0.2, -0.15) is 0 Å². The molecule has 6 nitrogen and oxygen atoms in total. The number of carboxylic acids is 1. The van der Waals surface area contributed by atoms with Crippen molar-refractivity contribution in [1.29, 1.82) is 0 Å². The fraction of sp³-hybridized carbons (Fsp3) is 0.222. The summed E-state index contributed by atoms with van der Waals surface area (Å²) in [6.45, 7) is 0.110. The number of carbonyl (C=O) groups excluding carboxylic acids is 1. The highest BCUT2D eigenvalue weighted by Gasteiger charge is 2.20. The first-order chi connectivity index (χ1) is 12.0. The number of aliphatic carboxylic acids is 1. The lowest BCUT2D eigenvalue weighted by Gasteiger charge is -2.18. The quantitative estimate of drug-likeness (QED) is 0.726. The van der Waals surface area contributed by atoms with Crippen molar-refractivity contribution >= 4 is 28.0 Å². The van der Waals surface area contributed by atoms with Crippen molar-refractivity contribution in [2.45, 2.75) is 19.1 Å². The Kier molecular flexibility index (Phi) is 6.82. The minimum atomic E-state index is -1.03. The maximum absolute atomic E-state index is 12.0. The van der Waals surface area contributed by atoms with Gasteiger partial charge in [0, 0.05) is 0 Å². The molecular formula is C18H18BrNO5. The Morgan fingerprint density at radius 1 is 1.20 bits per heavy atom. The molecule has 0 spiro atoms. The Bertz CT molecular complexity index is 736. The van der Waals surface area contributed by atoms with Crippen LogP contribution >= 0.6 is 15.9 Å². The van der Waals surface area contributed by atoms with Crippen LogP contribution in [0.15, 0.2) is 53.0 Å². The van der Waals surface area contributed by atoms with E-state index in [-0.39, 0.29) is 13.0 Å². The minimum absolute atomic E-state index is 0.110. The van der Waals surface area contributed by atoms with Crippen LogP contribution in [0.4, 0.5) is 4.79 Å². The Morgan fingerprint density at radius 3 is 2.52 bits per heavy atom. The van der Waals surface area contributed by atoms with Gasteiger partial charge in [0.1, 0.15) is 12.4 Å². The number of carbonyl (C=O) groups is 2. The molecule has 1 atom stereocenters. The van der Waals surface area contributed by atoms with Crippen molar-refractivity contribution in [3.63, 3.8) is 0 Å². The number of nitrogens with one attached hydrogen (secondary N) is 1. The average molecular weight is 408 g/mol. The van der Waals surface area contributed by atoms with E-state index in [1.54, 1.807) is 18.2 Å². The predicted octanol–water partition coefficient (Wildman–Crippen LogP) is 3.90. The Morgan fingerprint density at radius 2 is 1.92 bits per heavy atom. The van der Waals surface area contributed by atoms with E-state index in [0.717, 1.165) is 5.56 Å². The normalized spacial score (nSPS) is 11.4. The standard InChI is InChI=1S/C18H18BrNO5/c1-24-16-8-7-13(9-14(16)19)15(10-17(21)22)20-18(23)25-11-12-5-3-2-4-6-12/h2-9,15H,10-11H2,1H3,(H,20,23)(H,21,22). The molecule has 7 heteroatoms. The van der Waals surface area contributed by atoms with Crippen molar-refractivity contribution in [2.24, 2.45) is 0 Å². The molecule has 0 aliphatic carbocycles. The summed E-state index contributed by atoms with van der Waals surface area (Å²) < 4.78 is 11.0. The third-order valence-electron chi connectivity index (χ3n) is 3.46. The summed E-state index contributed by atoms with van der Waals surface area (Å²) in [5.74, 6) is -0.412. The maximum atomic E-state index is 12.0. The van der Waals surface area contributed by atoms with Gasteiger partial charge in [-0.3, -0.25) is 4.79 Å². The second-order valence-electron chi connectivity index (χ2n) is 5.25. The van der Waals surface area contributed by atoms with Crippen LogP contribution in [0, 0.1) is 0 Å². The van der Waals surface area contributed by atoms with Crippen LogP contribution in [-0.2, 0) is 16.1 Å². The van der Waals surface area contributed by atoms with E-state index in [0.29, 0.717) is 15.8 Å². The van der Waals surface area contributed by atoms with E-state index in [9.17, 15) is 9.59 Å². The second-order valence-corrected chi connectivity index (χ2v) is 6.10. The number of amides is 1. The smallest absolute Gasteiger partial charge is 0.407 e. The van der Waals surface area contributed by atoms with Gasteiger partial charge >= 0.3 is 12.1 Å². The zero-order valence-corrected chi connectivity index (χ0v) is 15.2. The first kappa shape index (κ1) is 18.8. The Hall–Kier alpha value is -2.54. The number of methoxy groups -OCH3 is 1. The molecule has 0 aliphatic heterocycles. The lowest BCUT2D eigenvalue weighted by atomic mass is 10.0. The molecule has 132 valence electrons. The summed E-state index contributed by atoms with van der Waals surface area (Å²) in [7, 11) is 1.54. The van der Waals surface area contributed by atoms with Gasteiger partial charge in [0.15, 0.2) is 0 Å². The van der Waals surface area contributed by atoms with Crippen LogP contribution in [0.5, 0.6) is 5.75 Å². The lowest BCUT2D eigenvalue weighted by Crippen LogP contribution is -2.30. The van der Waals surface area contributed by atoms with Crippen molar-refractivity contribution < 1.29 is 24.2 Å². The Balaban J connectivity index is 2.05. The van der Waals surface area contributed by atoms with E-state index in [1.807, 2.05) is 30.3 Å². The largest absolute Gasteiger partial charge is 0.496 e. The number of hydrogen-bond donors (Lipinski definition) is 2. The zero-order chi connectivity index (χ0) is 18.2. The number of carboxylic acid groups (broad SMARTS) is 1. The van der Waals surface area contributed by atoms with E-state index in [2.05, 4.69) is 21.2 Å². The van der Waals surface area contributed by atoms with Crippen molar-refractivity contribution in [3.05, 3.63) is 64.1 Å². The first-order valence-electron chi connectivity index (χ1n) is 7.52. The predicted molar refractivity (Wildman–Crippen MR) is 95.5 cm³/mol. The van der Waals surface area contributed by atoms with Crippen LogP contribution in [0.2, 0.25) is 0 Å². The second kappa shape index (κ2) is 9.08. The van der Waals surface area contributed by atoms with Gasteiger partial charge in [-0.05, 0) is 39.2 Å². The average Bonchev–Trinajstić information content (AvgIpc) is 2.60. The summed E-state index contributed by atoms with van der Waals surface area (Å²) in [5, 5.41) is 11.7. The van der Waals surface area contributed by atoms with Crippen LogP contribution in [0.3, 0.4) is 0 Å². The van der Waals surface area contributed by atoms with E-state index >= 15 is 0 Å². The molecular weight excluding hydrogens is 390 g/mol. The van der Waals surface area contributed by atoms with Crippen LogP contribution in [0.25, 0.3) is 0 Å². The molecule has 0 aromatic heterocycles. The number of rotatable bonds is 7. The molecule has 25 heavy (non-hydrogen) atoms. The third kappa shape index (κ3) is 5.79. The lowest BCUT2D eigenvalue weighted by molar-refractivity contribution is -0.137. The van der Waals surface area contributed by atoms with Crippen molar-refractivity contribution in [2.75, 3.05) is 7.11 Å². The van der Waals surface area contributed by atoms with Gasteiger partial charge < -0.3 is 19.9 Å². The fourth-order valence-electron chi connectivity index (χ4n) is 2.23. The topological polar surface area (TPSA) is 84.9 Å². The fourth-order valence-corrected chi connectivity index (χ4v) is 2.79. The molecule has 1 amide bonds. The summed E-state index contributed by atoms with van der Waals surface area (Å²) in [5.41, 5.74) is 1.48. The molecule has 2 N–H and O–H groups in total. The molecule has 0 saturated carbocycles. The molecule has 0 fully saturated rings.